The molecule has 4 heteroatoms. The normalized spacial score (nSPS) is 9.60. The summed E-state index contributed by atoms with van der Waals surface area (Å²) in [7, 11) is 3.38. The largest absolute Gasteiger partial charge is 0.285 e. The summed E-state index contributed by atoms with van der Waals surface area (Å²) in [6.07, 6.45) is 3.70. The molecule has 0 amide bonds. The maximum absolute atomic E-state index is 3.97. The second-order valence-corrected chi connectivity index (χ2v) is 3.93. The van der Waals surface area contributed by atoms with Gasteiger partial charge >= 0.3 is 0 Å². The van der Waals surface area contributed by atoms with Gasteiger partial charge in [-0.2, -0.15) is 5.10 Å². The number of aromatic nitrogens is 2. The molecule has 54 valence electrons. The molecule has 1 heterocycles. The van der Waals surface area contributed by atoms with Crippen molar-refractivity contribution >= 4 is 21.6 Å². The van der Waals surface area contributed by atoms with Gasteiger partial charge in [-0.3, -0.25) is 5.10 Å². The van der Waals surface area contributed by atoms with Crippen molar-refractivity contribution in [1.82, 2.24) is 10.2 Å². The first-order valence-corrected chi connectivity index (χ1v) is 5.15. The van der Waals surface area contributed by atoms with Crippen molar-refractivity contribution in [1.29, 1.82) is 0 Å². The molecule has 10 heavy (non-hydrogen) atoms. The molecule has 1 N–H and O–H groups in total. The second kappa shape index (κ2) is 4.46. The van der Waals surface area contributed by atoms with Gasteiger partial charge < -0.3 is 0 Å². The zero-order chi connectivity index (χ0) is 7.23. The molecule has 0 saturated heterocycles. The molecule has 2 nitrogen and oxygen atoms in total. The topological polar surface area (TPSA) is 28.7 Å². The lowest BCUT2D eigenvalue weighted by Gasteiger charge is -1.89. The SMILES string of the molecule is C=CCSSc1cc[nH]n1. The van der Waals surface area contributed by atoms with Crippen molar-refractivity contribution in [2.24, 2.45) is 0 Å². The zero-order valence-corrected chi connectivity index (χ0v) is 7.04. The van der Waals surface area contributed by atoms with E-state index in [0.29, 0.717) is 0 Å². The number of rotatable bonds is 4. The molecule has 0 aromatic carbocycles. The fraction of sp³-hybridized carbons (Fsp3) is 0.167. The Morgan fingerprint density at radius 1 is 1.80 bits per heavy atom. The lowest BCUT2D eigenvalue weighted by atomic mass is 10.8. The van der Waals surface area contributed by atoms with E-state index in [2.05, 4.69) is 16.8 Å². The fourth-order valence-electron chi connectivity index (χ4n) is 0.436. The van der Waals surface area contributed by atoms with Crippen LogP contribution in [0.25, 0.3) is 0 Å². The Balaban J connectivity index is 2.21. The van der Waals surface area contributed by atoms with Gasteiger partial charge in [0.25, 0.3) is 0 Å². The van der Waals surface area contributed by atoms with Crippen molar-refractivity contribution in [3.63, 3.8) is 0 Å². The summed E-state index contributed by atoms with van der Waals surface area (Å²) >= 11 is 0. The van der Waals surface area contributed by atoms with Gasteiger partial charge in [-0.1, -0.05) is 16.9 Å². The van der Waals surface area contributed by atoms with Gasteiger partial charge in [-0.15, -0.1) is 6.58 Å². The average molecular weight is 172 g/mol. The summed E-state index contributed by atoms with van der Waals surface area (Å²) in [5.41, 5.74) is 0. The Kier molecular flexibility index (Phi) is 3.46. The Labute approximate surface area is 67.9 Å². The minimum Gasteiger partial charge on any atom is -0.285 e. The third-order valence-corrected chi connectivity index (χ3v) is 2.97. The van der Waals surface area contributed by atoms with Crippen LogP contribution in [0.3, 0.4) is 0 Å². The molecular weight excluding hydrogens is 164 g/mol. The van der Waals surface area contributed by atoms with Crippen LogP contribution in [0.2, 0.25) is 0 Å². The van der Waals surface area contributed by atoms with Crippen molar-refractivity contribution in [3.8, 4) is 0 Å². The van der Waals surface area contributed by atoms with Gasteiger partial charge in [0.1, 0.15) is 5.03 Å². The highest BCUT2D eigenvalue weighted by atomic mass is 33.1. The molecule has 1 aromatic rings. The maximum atomic E-state index is 3.97. The number of H-pyrrole nitrogens is 1. The van der Waals surface area contributed by atoms with Gasteiger partial charge in [-0.05, 0) is 16.9 Å². The van der Waals surface area contributed by atoms with Crippen LogP contribution in [0.4, 0.5) is 0 Å². The maximum Gasteiger partial charge on any atom is 0.128 e. The van der Waals surface area contributed by atoms with Crippen LogP contribution in [-0.2, 0) is 0 Å². The molecule has 0 fully saturated rings. The minimum absolute atomic E-state index is 0.956. The second-order valence-electron chi connectivity index (χ2n) is 1.57. The Bertz CT molecular complexity index is 184. The number of hydrogen-bond donors (Lipinski definition) is 1. The summed E-state index contributed by atoms with van der Waals surface area (Å²) in [6.45, 7) is 3.62. The van der Waals surface area contributed by atoms with Crippen LogP contribution < -0.4 is 0 Å². The quantitative estimate of drug-likeness (QED) is 0.429. The van der Waals surface area contributed by atoms with Gasteiger partial charge in [-0.25, -0.2) is 0 Å². The third-order valence-electron chi connectivity index (χ3n) is 0.805. The zero-order valence-electron chi connectivity index (χ0n) is 5.41. The van der Waals surface area contributed by atoms with Crippen LogP contribution >= 0.6 is 21.6 Å². The molecule has 0 atom stereocenters. The summed E-state index contributed by atoms with van der Waals surface area (Å²) in [6, 6.07) is 1.95. The minimum atomic E-state index is 0.956. The van der Waals surface area contributed by atoms with E-state index in [4.69, 9.17) is 0 Å². The Morgan fingerprint density at radius 2 is 2.70 bits per heavy atom. The number of nitrogens with one attached hydrogen (secondary N) is 1. The molecule has 0 radical (unpaired) electrons. The molecule has 1 aromatic heterocycles. The first-order chi connectivity index (χ1) is 4.93. The van der Waals surface area contributed by atoms with E-state index >= 15 is 0 Å². The first kappa shape index (κ1) is 7.75. The highest BCUT2D eigenvalue weighted by Gasteiger charge is 1.92. The van der Waals surface area contributed by atoms with Crippen molar-refractivity contribution in [2.75, 3.05) is 5.75 Å². The standard InChI is InChI=1S/C6H8N2S2/c1-2-5-9-10-6-3-4-7-8-6/h2-4H,1,5H2,(H,7,8). The molecule has 0 aliphatic carbocycles. The predicted molar refractivity (Wildman–Crippen MR) is 47.1 cm³/mol. The lowest BCUT2D eigenvalue weighted by molar-refractivity contribution is 1.01. The van der Waals surface area contributed by atoms with E-state index in [1.807, 2.05) is 18.3 Å². The summed E-state index contributed by atoms with van der Waals surface area (Å²) in [5, 5.41) is 7.74. The van der Waals surface area contributed by atoms with Crippen molar-refractivity contribution in [2.45, 2.75) is 5.03 Å². The van der Waals surface area contributed by atoms with E-state index in [0.717, 1.165) is 10.8 Å². The summed E-state index contributed by atoms with van der Waals surface area (Å²) < 4.78 is 0. The van der Waals surface area contributed by atoms with E-state index in [9.17, 15) is 0 Å². The van der Waals surface area contributed by atoms with Crippen molar-refractivity contribution < 1.29 is 0 Å². The van der Waals surface area contributed by atoms with Crippen LogP contribution in [0.15, 0.2) is 29.9 Å². The number of nitrogens with zero attached hydrogens (tertiary/aromatic N) is 1. The van der Waals surface area contributed by atoms with E-state index < -0.39 is 0 Å². The highest BCUT2D eigenvalue weighted by Crippen LogP contribution is 2.28. The molecule has 0 saturated carbocycles. The smallest absolute Gasteiger partial charge is 0.128 e. The monoisotopic (exact) mass is 172 g/mol. The number of hydrogen-bond acceptors (Lipinski definition) is 3. The molecular formula is C6H8N2S2. The lowest BCUT2D eigenvalue weighted by Crippen LogP contribution is -1.67. The molecule has 1 rings (SSSR count). The summed E-state index contributed by atoms with van der Waals surface area (Å²) in [5.74, 6) is 0.956. The molecule has 0 bridgehead atoms. The van der Waals surface area contributed by atoms with E-state index in [-0.39, 0.29) is 0 Å². The van der Waals surface area contributed by atoms with Crippen LogP contribution in [0, 0.1) is 0 Å². The summed E-state index contributed by atoms with van der Waals surface area (Å²) in [4.78, 5) is 0. The van der Waals surface area contributed by atoms with Gasteiger partial charge in [0.15, 0.2) is 0 Å². The first-order valence-electron chi connectivity index (χ1n) is 2.83. The van der Waals surface area contributed by atoms with Crippen LogP contribution in [0.5, 0.6) is 0 Å². The van der Waals surface area contributed by atoms with Crippen LogP contribution in [-0.4, -0.2) is 16.0 Å². The highest BCUT2D eigenvalue weighted by molar-refractivity contribution is 8.76. The molecule has 0 spiro atoms. The van der Waals surface area contributed by atoms with Gasteiger partial charge in [0, 0.05) is 11.9 Å². The van der Waals surface area contributed by atoms with Gasteiger partial charge in [0.2, 0.25) is 0 Å². The fourth-order valence-corrected chi connectivity index (χ4v) is 2.07. The van der Waals surface area contributed by atoms with Gasteiger partial charge in [0.05, 0.1) is 0 Å². The average Bonchev–Trinajstić information content (AvgIpc) is 2.41. The van der Waals surface area contributed by atoms with E-state index in [1.54, 1.807) is 21.6 Å². The predicted octanol–water partition coefficient (Wildman–Crippen LogP) is 2.34. The Morgan fingerprint density at radius 3 is 3.30 bits per heavy atom. The van der Waals surface area contributed by atoms with Crippen molar-refractivity contribution in [3.05, 3.63) is 24.9 Å². The molecule has 0 aliphatic rings. The van der Waals surface area contributed by atoms with Crippen LogP contribution in [0.1, 0.15) is 0 Å². The van der Waals surface area contributed by atoms with E-state index in [1.165, 1.54) is 0 Å². The third kappa shape index (κ3) is 2.49. The molecule has 0 aliphatic heterocycles. The number of aromatic amines is 1. The molecule has 0 unspecified atom stereocenters. The Hall–Kier alpha value is -0.350.